The Balaban J connectivity index is 1.16. The van der Waals surface area contributed by atoms with Crippen molar-refractivity contribution in [3.8, 4) is 17.2 Å². The van der Waals surface area contributed by atoms with Gasteiger partial charge in [0.15, 0.2) is 0 Å². The maximum atomic E-state index is 6.14. The van der Waals surface area contributed by atoms with Gasteiger partial charge in [-0.3, -0.25) is 0 Å². The van der Waals surface area contributed by atoms with Gasteiger partial charge in [0.1, 0.15) is 22.5 Å². The number of hydrogen-bond donors (Lipinski definition) is 2. The van der Waals surface area contributed by atoms with Crippen LogP contribution in [0.2, 0.25) is 0 Å². The van der Waals surface area contributed by atoms with Crippen molar-refractivity contribution in [1.82, 2.24) is 15.0 Å². The van der Waals surface area contributed by atoms with Gasteiger partial charge in [0, 0.05) is 22.4 Å². The van der Waals surface area contributed by atoms with E-state index in [0.29, 0.717) is 5.69 Å². The zero-order valence-electron chi connectivity index (χ0n) is 18.2. The number of rotatable bonds is 5. The molecule has 0 saturated heterocycles. The molecule has 0 fully saturated rings. The Labute approximate surface area is 196 Å². The Morgan fingerprint density at radius 1 is 0.676 bits per heavy atom. The molecule has 3 N–H and O–H groups in total. The molecule has 6 aromatic rings. The van der Waals surface area contributed by atoms with Crippen molar-refractivity contribution in [1.29, 1.82) is 0 Å². The number of benzene rings is 5. The zero-order valence-corrected chi connectivity index (χ0v) is 18.2. The van der Waals surface area contributed by atoms with Crippen molar-refractivity contribution in [2.45, 2.75) is 0 Å². The van der Waals surface area contributed by atoms with Crippen molar-refractivity contribution in [3.63, 3.8) is 0 Å². The summed E-state index contributed by atoms with van der Waals surface area (Å²) in [7, 11) is 0. The first kappa shape index (κ1) is 19.8. The van der Waals surface area contributed by atoms with Crippen LogP contribution in [-0.2, 0) is 0 Å². The highest BCUT2D eigenvalue weighted by atomic mass is 16.5. The van der Waals surface area contributed by atoms with Gasteiger partial charge in [-0.2, -0.15) is 4.80 Å². The third-order valence-electron chi connectivity index (χ3n) is 5.62. The van der Waals surface area contributed by atoms with E-state index in [9.17, 15) is 0 Å². The first-order chi connectivity index (χ1) is 16.7. The van der Waals surface area contributed by atoms with Crippen LogP contribution < -0.4 is 15.8 Å². The summed E-state index contributed by atoms with van der Waals surface area (Å²) in [6.45, 7) is 0. The lowest BCUT2D eigenvalue weighted by Gasteiger charge is -2.11. The summed E-state index contributed by atoms with van der Waals surface area (Å²) in [5.74, 6) is 1.63. The van der Waals surface area contributed by atoms with Gasteiger partial charge in [0.25, 0.3) is 0 Å². The van der Waals surface area contributed by atoms with Crippen molar-refractivity contribution in [3.05, 3.63) is 109 Å². The van der Waals surface area contributed by atoms with E-state index < -0.39 is 0 Å². The molecule has 0 aliphatic heterocycles. The Morgan fingerprint density at radius 3 is 2.21 bits per heavy atom. The van der Waals surface area contributed by atoms with E-state index in [1.54, 1.807) is 4.80 Å². The van der Waals surface area contributed by atoms with Gasteiger partial charge in [0.05, 0.1) is 5.69 Å². The van der Waals surface area contributed by atoms with Crippen LogP contribution >= 0.6 is 0 Å². The number of nitrogens with one attached hydrogen (secondary N) is 1. The highest BCUT2D eigenvalue weighted by molar-refractivity contribution is 5.88. The van der Waals surface area contributed by atoms with E-state index in [1.807, 2.05) is 91.0 Å². The number of nitrogen functional groups attached to an aromatic ring is 1. The largest absolute Gasteiger partial charge is 0.457 e. The molecule has 0 spiro atoms. The van der Waals surface area contributed by atoms with Crippen molar-refractivity contribution >= 4 is 38.9 Å². The summed E-state index contributed by atoms with van der Waals surface area (Å²) in [6.07, 6.45) is 0. The molecule has 0 bridgehead atoms. The lowest BCUT2D eigenvalue weighted by molar-refractivity contribution is 0.488. The summed E-state index contributed by atoms with van der Waals surface area (Å²) >= 11 is 0. The van der Waals surface area contributed by atoms with E-state index in [2.05, 4.69) is 33.7 Å². The number of hydrogen-bond acceptors (Lipinski definition) is 5. The number of anilines is 3. The third-order valence-corrected chi connectivity index (χ3v) is 5.62. The van der Waals surface area contributed by atoms with Gasteiger partial charge < -0.3 is 15.8 Å². The molecule has 0 amide bonds. The van der Waals surface area contributed by atoms with Gasteiger partial charge in [-0.15, -0.1) is 10.2 Å². The van der Waals surface area contributed by atoms with Crippen LogP contribution in [0.3, 0.4) is 0 Å². The smallest absolute Gasteiger partial charge is 0.135 e. The quantitative estimate of drug-likeness (QED) is 0.290. The maximum Gasteiger partial charge on any atom is 0.135 e. The van der Waals surface area contributed by atoms with E-state index in [4.69, 9.17) is 10.5 Å². The molecule has 0 radical (unpaired) electrons. The molecular formula is C28H21N5O. The van der Waals surface area contributed by atoms with Gasteiger partial charge >= 0.3 is 0 Å². The standard InChI is InChI=1S/C28H21N5O/c29-20-8-17-26-27(18-20)32-33(31-26)23-13-9-21(10-14-23)30-22-11-15-24(16-12-22)34-28-7-3-5-19-4-1-2-6-25(19)28/h1-18,30H,29H2. The number of nitrogens with zero attached hydrogens (tertiary/aromatic N) is 3. The second-order valence-corrected chi connectivity index (χ2v) is 8.01. The fourth-order valence-electron chi connectivity index (χ4n) is 3.91. The van der Waals surface area contributed by atoms with Crippen molar-refractivity contribution in [2.24, 2.45) is 0 Å². The Hall–Kier alpha value is -4.84. The highest BCUT2D eigenvalue weighted by Crippen LogP contribution is 2.30. The fourth-order valence-corrected chi connectivity index (χ4v) is 3.91. The highest BCUT2D eigenvalue weighted by Gasteiger charge is 2.06. The third kappa shape index (κ3) is 3.89. The lowest BCUT2D eigenvalue weighted by Crippen LogP contribution is -1.98. The predicted molar refractivity (Wildman–Crippen MR) is 137 cm³/mol. The van der Waals surface area contributed by atoms with Crippen LogP contribution in [0.5, 0.6) is 11.5 Å². The van der Waals surface area contributed by atoms with E-state index in [0.717, 1.165) is 50.4 Å². The average molecular weight is 444 g/mol. The topological polar surface area (TPSA) is 78.0 Å². The minimum atomic E-state index is 0.674. The Morgan fingerprint density at radius 2 is 1.38 bits per heavy atom. The number of nitrogens with two attached hydrogens (primary N) is 1. The lowest BCUT2D eigenvalue weighted by atomic mass is 10.1. The van der Waals surface area contributed by atoms with Gasteiger partial charge in [-0.25, -0.2) is 0 Å². The average Bonchev–Trinajstić information content (AvgIpc) is 3.29. The fraction of sp³-hybridized carbons (Fsp3) is 0. The van der Waals surface area contributed by atoms with Crippen molar-refractivity contribution < 1.29 is 4.74 Å². The molecule has 164 valence electrons. The normalized spacial score (nSPS) is 11.1. The number of fused-ring (bicyclic) bond motifs is 2. The van der Waals surface area contributed by atoms with Gasteiger partial charge in [-0.1, -0.05) is 36.4 Å². The SMILES string of the molecule is Nc1ccc2nn(-c3ccc(Nc4ccc(Oc5cccc6ccccc56)cc4)cc3)nc2c1. The molecule has 6 heteroatoms. The van der Waals surface area contributed by atoms with Crippen LogP contribution in [0.1, 0.15) is 0 Å². The second kappa shape index (κ2) is 8.26. The minimum Gasteiger partial charge on any atom is -0.457 e. The molecule has 0 aliphatic rings. The minimum absolute atomic E-state index is 0.674. The van der Waals surface area contributed by atoms with E-state index in [-0.39, 0.29) is 0 Å². The molecule has 1 aromatic heterocycles. The molecule has 0 aliphatic carbocycles. The predicted octanol–water partition coefficient (Wildman–Crippen LogP) is 6.69. The Bertz CT molecular complexity index is 1600. The molecular weight excluding hydrogens is 422 g/mol. The van der Waals surface area contributed by atoms with E-state index >= 15 is 0 Å². The monoisotopic (exact) mass is 443 g/mol. The van der Waals surface area contributed by atoms with Gasteiger partial charge in [0.2, 0.25) is 0 Å². The van der Waals surface area contributed by atoms with Crippen LogP contribution in [0.15, 0.2) is 109 Å². The zero-order chi connectivity index (χ0) is 22.9. The van der Waals surface area contributed by atoms with Crippen LogP contribution in [0, 0.1) is 0 Å². The molecule has 34 heavy (non-hydrogen) atoms. The molecule has 0 unspecified atom stereocenters. The molecule has 6 nitrogen and oxygen atoms in total. The van der Waals surface area contributed by atoms with E-state index in [1.165, 1.54) is 0 Å². The number of ether oxygens (including phenoxy) is 1. The molecule has 1 heterocycles. The molecule has 6 rings (SSSR count). The maximum absolute atomic E-state index is 6.14. The summed E-state index contributed by atoms with van der Waals surface area (Å²) < 4.78 is 6.14. The summed E-state index contributed by atoms with van der Waals surface area (Å²) in [6, 6.07) is 35.7. The first-order valence-corrected chi connectivity index (χ1v) is 11.0. The van der Waals surface area contributed by atoms with Crippen LogP contribution in [-0.4, -0.2) is 15.0 Å². The Kier molecular flexibility index (Phi) is 4.81. The second-order valence-electron chi connectivity index (χ2n) is 8.01. The van der Waals surface area contributed by atoms with Gasteiger partial charge in [-0.05, 0) is 78.2 Å². The van der Waals surface area contributed by atoms with Crippen LogP contribution in [0.25, 0.3) is 27.5 Å². The molecule has 5 aromatic carbocycles. The van der Waals surface area contributed by atoms with Crippen LogP contribution in [0.4, 0.5) is 17.1 Å². The van der Waals surface area contributed by atoms with Crippen molar-refractivity contribution in [2.75, 3.05) is 11.1 Å². The summed E-state index contributed by atoms with van der Waals surface area (Å²) in [4.78, 5) is 1.62. The molecule has 0 atom stereocenters. The first-order valence-electron chi connectivity index (χ1n) is 11.0. The number of aromatic nitrogens is 3. The molecule has 0 saturated carbocycles. The summed E-state index contributed by atoms with van der Waals surface area (Å²) in [5, 5.41) is 14.7. The summed E-state index contributed by atoms with van der Waals surface area (Å²) in [5.41, 5.74) is 10.9.